The van der Waals surface area contributed by atoms with Gasteiger partial charge in [0.15, 0.2) is 0 Å². The van der Waals surface area contributed by atoms with Gasteiger partial charge in [0, 0.05) is 13.2 Å². The molecule has 0 saturated heterocycles. The molecule has 0 bridgehead atoms. The van der Waals surface area contributed by atoms with Gasteiger partial charge >= 0.3 is 0 Å². The molecule has 0 radical (unpaired) electrons. The van der Waals surface area contributed by atoms with Gasteiger partial charge in [-0.25, -0.2) is 0 Å². The van der Waals surface area contributed by atoms with E-state index in [0.717, 1.165) is 6.61 Å². The number of ether oxygens (including phenoxy) is 1. The van der Waals surface area contributed by atoms with E-state index in [2.05, 4.69) is 19.1 Å². The molecule has 0 aliphatic rings. The highest BCUT2D eigenvalue weighted by molar-refractivity contribution is 5.26. The number of benzene rings is 1. The number of hydrogen-bond donors (Lipinski definition) is 1. The highest BCUT2D eigenvalue weighted by Crippen LogP contribution is 2.10. The maximum Gasteiger partial charge on any atom is 0.0720 e. The predicted octanol–water partition coefficient (Wildman–Crippen LogP) is 3.63. The van der Waals surface area contributed by atoms with Crippen molar-refractivity contribution in [2.75, 3.05) is 6.61 Å². The van der Waals surface area contributed by atoms with Crippen LogP contribution >= 0.6 is 0 Å². The first-order valence-electron chi connectivity index (χ1n) is 6.73. The van der Waals surface area contributed by atoms with Gasteiger partial charge in [-0.15, -0.1) is 0 Å². The zero-order valence-electron chi connectivity index (χ0n) is 11.0. The van der Waals surface area contributed by atoms with Crippen LogP contribution in [0.4, 0.5) is 0 Å². The van der Waals surface area contributed by atoms with Crippen LogP contribution in [0.1, 0.15) is 50.2 Å². The Labute approximate surface area is 105 Å². The van der Waals surface area contributed by atoms with E-state index >= 15 is 0 Å². The second-order valence-electron chi connectivity index (χ2n) is 4.44. The fourth-order valence-corrected chi connectivity index (χ4v) is 1.89. The monoisotopic (exact) mass is 235 g/mol. The Balaban J connectivity index is 2.13. The molecule has 1 rings (SSSR count). The fraction of sp³-hybridized carbons (Fsp3) is 0.600. The smallest absolute Gasteiger partial charge is 0.0720 e. The Kier molecular flexibility index (Phi) is 7.69. The summed E-state index contributed by atoms with van der Waals surface area (Å²) in [5.41, 5.74) is 8.10. The summed E-state index contributed by atoms with van der Waals surface area (Å²) in [6, 6.07) is 8.23. The lowest BCUT2D eigenvalue weighted by Gasteiger charge is -2.08. The molecule has 96 valence electrons. The van der Waals surface area contributed by atoms with Gasteiger partial charge in [-0.05, 0) is 17.5 Å². The second kappa shape index (κ2) is 9.20. The van der Waals surface area contributed by atoms with E-state index < -0.39 is 0 Å². The third-order valence-corrected chi connectivity index (χ3v) is 2.99. The van der Waals surface area contributed by atoms with Crippen molar-refractivity contribution >= 4 is 0 Å². The first kappa shape index (κ1) is 14.2. The second-order valence-corrected chi connectivity index (χ2v) is 4.44. The highest BCUT2D eigenvalue weighted by atomic mass is 16.5. The highest BCUT2D eigenvalue weighted by Gasteiger charge is 1.99. The predicted molar refractivity (Wildman–Crippen MR) is 72.7 cm³/mol. The first-order chi connectivity index (χ1) is 8.38. The standard InChI is InChI=1S/C15H25NO/c1-2-3-4-5-8-11-17-13-15-10-7-6-9-14(15)12-16/h6-7,9-10H,2-5,8,11-13,16H2,1H3. The van der Waals surface area contributed by atoms with E-state index in [1.165, 1.54) is 43.2 Å². The number of nitrogens with two attached hydrogens (primary N) is 1. The molecule has 0 aromatic heterocycles. The number of unbranched alkanes of at least 4 members (excludes halogenated alkanes) is 4. The zero-order chi connectivity index (χ0) is 12.3. The Bertz CT molecular complexity index is 299. The lowest BCUT2D eigenvalue weighted by atomic mass is 10.1. The van der Waals surface area contributed by atoms with Crippen LogP contribution in [0.2, 0.25) is 0 Å². The fourth-order valence-electron chi connectivity index (χ4n) is 1.89. The molecular weight excluding hydrogens is 210 g/mol. The van der Waals surface area contributed by atoms with Crippen molar-refractivity contribution in [2.24, 2.45) is 5.73 Å². The maximum atomic E-state index is 5.69. The number of rotatable bonds is 9. The summed E-state index contributed by atoms with van der Waals surface area (Å²) in [5.74, 6) is 0. The summed E-state index contributed by atoms with van der Waals surface area (Å²) in [6.45, 7) is 4.39. The van der Waals surface area contributed by atoms with Crippen molar-refractivity contribution in [3.63, 3.8) is 0 Å². The molecule has 0 amide bonds. The van der Waals surface area contributed by atoms with Crippen LogP contribution in [0.25, 0.3) is 0 Å². The topological polar surface area (TPSA) is 35.2 Å². The molecule has 0 aliphatic heterocycles. The van der Waals surface area contributed by atoms with Crippen molar-refractivity contribution in [1.82, 2.24) is 0 Å². The lowest BCUT2D eigenvalue weighted by molar-refractivity contribution is 0.116. The van der Waals surface area contributed by atoms with Crippen LogP contribution in [-0.4, -0.2) is 6.61 Å². The molecule has 1 aromatic rings. The minimum absolute atomic E-state index is 0.593. The summed E-state index contributed by atoms with van der Waals surface area (Å²) in [6.07, 6.45) is 6.43. The Morgan fingerprint density at radius 2 is 1.71 bits per heavy atom. The van der Waals surface area contributed by atoms with Gasteiger partial charge in [0.05, 0.1) is 6.61 Å². The molecule has 0 aliphatic carbocycles. The van der Waals surface area contributed by atoms with Crippen molar-refractivity contribution in [3.8, 4) is 0 Å². The largest absolute Gasteiger partial charge is 0.377 e. The lowest BCUT2D eigenvalue weighted by Crippen LogP contribution is -2.03. The van der Waals surface area contributed by atoms with E-state index in [1.807, 2.05) is 12.1 Å². The van der Waals surface area contributed by atoms with Gasteiger partial charge < -0.3 is 10.5 Å². The molecule has 2 heteroatoms. The van der Waals surface area contributed by atoms with Crippen LogP contribution in [-0.2, 0) is 17.9 Å². The van der Waals surface area contributed by atoms with Gasteiger partial charge in [-0.1, -0.05) is 56.9 Å². The third kappa shape index (κ3) is 5.85. The molecule has 1 aromatic carbocycles. The van der Waals surface area contributed by atoms with E-state index in [0.29, 0.717) is 13.2 Å². The third-order valence-electron chi connectivity index (χ3n) is 2.99. The average Bonchev–Trinajstić information content (AvgIpc) is 2.38. The summed E-state index contributed by atoms with van der Waals surface area (Å²) in [4.78, 5) is 0. The minimum Gasteiger partial charge on any atom is -0.377 e. The van der Waals surface area contributed by atoms with Gasteiger partial charge in [0.25, 0.3) is 0 Å². The first-order valence-corrected chi connectivity index (χ1v) is 6.73. The molecule has 2 nitrogen and oxygen atoms in total. The molecular formula is C15H25NO. The molecule has 0 atom stereocenters. The average molecular weight is 235 g/mol. The summed E-state index contributed by atoms with van der Waals surface area (Å²) in [7, 11) is 0. The molecule has 2 N–H and O–H groups in total. The molecule has 0 fully saturated rings. The van der Waals surface area contributed by atoms with Gasteiger partial charge in [0.1, 0.15) is 0 Å². The van der Waals surface area contributed by atoms with Gasteiger partial charge in [-0.3, -0.25) is 0 Å². The Morgan fingerprint density at radius 1 is 1.00 bits per heavy atom. The Hall–Kier alpha value is -0.860. The van der Waals surface area contributed by atoms with E-state index in [-0.39, 0.29) is 0 Å². The van der Waals surface area contributed by atoms with Crippen LogP contribution < -0.4 is 5.73 Å². The quantitative estimate of drug-likeness (QED) is 0.663. The van der Waals surface area contributed by atoms with E-state index in [4.69, 9.17) is 10.5 Å². The van der Waals surface area contributed by atoms with Crippen LogP contribution in [0.5, 0.6) is 0 Å². The van der Waals surface area contributed by atoms with Gasteiger partial charge in [-0.2, -0.15) is 0 Å². The van der Waals surface area contributed by atoms with Crippen LogP contribution in [0.15, 0.2) is 24.3 Å². The van der Waals surface area contributed by atoms with E-state index in [9.17, 15) is 0 Å². The molecule has 0 unspecified atom stereocenters. The minimum atomic E-state index is 0.593. The molecule has 0 spiro atoms. The molecule has 0 heterocycles. The molecule has 0 saturated carbocycles. The summed E-state index contributed by atoms with van der Waals surface area (Å²) in [5, 5.41) is 0. The molecule has 17 heavy (non-hydrogen) atoms. The normalized spacial score (nSPS) is 10.7. The van der Waals surface area contributed by atoms with E-state index in [1.54, 1.807) is 0 Å². The zero-order valence-corrected chi connectivity index (χ0v) is 11.0. The van der Waals surface area contributed by atoms with Crippen molar-refractivity contribution in [1.29, 1.82) is 0 Å². The van der Waals surface area contributed by atoms with Crippen molar-refractivity contribution < 1.29 is 4.74 Å². The van der Waals surface area contributed by atoms with Crippen LogP contribution in [0.3, 0.4) is 0 Å². The van der Waals surface area contributed by atoms with Crippen molar-refractivity contribution in [2.45, 2.75) is 52.2 Å². The maximum absolute atomic E-state index is 5.69. The van der Waals surface area contributed by atoms with Crippen LogP contribution in [0, 0.1) is 0 Å². The van der Waals surface area contributed by atoms with Crippen molar-refractivity contribution in [3.05, 3.63) is 35.4 Å². The Morgan fingerprint density at radius 3 is 2.41 bits per heavy atom. The summed E-state index contributed by atoms with van der Waals surface area (Å²) < 4.78 is 5.69. The number of hydrogen-bond acceptors (Lipinski definition) is 2. The summed E-state index contributed by atoms with van der Waals surface area (Å²) >= 11 is 0. The van der Waals surface area contributed by atoms with Gasteiger partial charge in [0.2, 0.25) is 0 Å². The SMILES string of the molecule is CCCCCCCOCc1ccccc1CN.